The van der Waals surface area contributed by atoms with Gasteiger partial charge in [0.25, 0.3) is 0 Å². The van der Waals surface area contributed by atoms with Gasteiger partial charge in [0.15, 0.2) is 0 Å². The van der Waals surface area contributed by atoms with Crippen LogP contribution in [0.3, 0.4) is 0 Å². The lowest BCUT2D eigenvalue weighted by molar-refractivity contribution is 0.196. The molecule has 1 unspecified atom stereocenters. The average molecular weight is 210 g/mol. The number of aliphatic hydroxyl groups excluding tert-OH is 1. The topological polar surface area (TPSA) is 20.2 Å². The SMILES string of the molecule is CC(O)Cc1csc2ccc(F)cc12. The first kappa shape index (κ1) is 9.62. The van der Waals surface area contributed by atoms with Crippen LogP contribution >= 0.6 is 11.3 Å². The molecule has 1 atom stereocenters. The molecule has 1 aromatic heterocycles. The molecule has 0 fully saturated rings. The van der Waals surface area contributed by atoms with Crippen LogP contribution in [0.4, 0.5) is 4.39 Å². The van der Waals surface area contributed by atoms with Crippen molar-refractivity contribution in [1.29, 1.82) is 0 Å². The van der Waals surface area contributed by atoms with Crippen molar-refractivity contribution in [2.75, 3.05) is 0 Å². The minimum atomic E-state index is -0.379. The Morgan fingerprint density at radius 3 is 3.00 bits per heavy atom. The van der Waals surface area contributed by atoms with Gasteiger partial charge in [0, 0.05) is 4.70 Å². The molecule has 14 heavy (non-hydrogen) atoms. The molecule has 0 saturated heterocycles. The summed E-state index contributed by atoms with van der Waals surface area (Å²) in [6.07, 6.45) is 0.208. The molecule has 0 saturated carbocycles. The summed E-state index contributed by atoms with van der Waals surface area (Å²) in [5, 5.41) is 12.2. The zero-order valence-corrected chi connectivity index (χ0v) is 8.64. The standard InChI is InChI=1S/C11H11FOS/c1-7(13)4-8-6-14-11-3-2-9(12)5-10(8)11/h2-3,5-7,13H,4H2,1H3. The van der Waals surface area contributed by atoms with E-state index >= 15 is 0 Å². The third-order valence-electron chi connectivity index (χ3n) is 2.13. The smallest absolute Gasteiger partial charge is 0.123 e. The lowest BCUT2D eigenvalue weighted by Gasteiger charge is -2.02. The quantitative estimate of drug-likeness (QED) is 0.808. The highest BCUT2D eigenvalue weighted by molar-refractivity contribution is 7.17. The largest absolute Gasteiger partial charge is 0.393 e. The predicted octanol–water partition coefficient (Wildman–Crippen LogP) is 2.96. The van der Waals surface area contributed by atoms with Crippen LogP contribution in [0.1, 0.15) is 12.5 Å². The van der Waals surface area contributed by atoms with Crippen LogP contribution in [0, 0.1) is 5.82 Å². The molecule has 1 heterocycles. The Morgan fingerprint density at radius 2 is 2.29 bits per heavy atom. The van der Waals surface area contributed by atoms with Crippen molar-refractivity contribution in [1.82, 2.24) is 0 Å². The number of halogens is 1. The molecule has 2 rings (SSSR count). The Kier molecular flexibility index (Phi) is 2.52. The van der Waals surface area contributed by atoms with Gasteiger partial charge in [-0.05, 0) is 47.9 Å². The van der Waals surface area contributed by atoms with Crippen molar-refractivity contribution < 1.29 is 9.50 Å². The van der Waals surface area contributed by atoms with E-state index in [4.69, 9.17) is 0 Å². The first-order valence-electron chi connectivity index (χ1n) is 4.50. The van der Waals surface area contributed by atoms with Crippen molar-refractivity contribution in [3.63, 3.8) is 0 Å². The van der Waals surface area contributed by atoms with Crippen LogP contribution in [0.5, 0.6) is 0 Å². The van der Waals surface area contributed by atoms with Crippen LogP contribution in [0.25, 0.3) is 10.1 Å². The molecule has 0 amide bonds. The summed E-state index contributed by atoms with van der Waals surface area (Å²) in [5.74, 6) is -0.220. The zero-order valence-electron chi connectivity index (χ0n) is 7.83. The molecule has 0 spiro atoms. The average Bonchev–Trinajstić information content (AvgIpc) is 2.47. The van der Waals surface area contributed by atoms with Gasteiger partial charge in [-0.25, -0.2) is 4.39 Å². The number of aliphatic hydroxyl groups is 1. The van der Waals surface area contributed by atoms with Crippen LogP contribution in [0.2, 0.25) is 0 Å². The molecule has 3 heteroatoms. The summed E-state index contributed by atoms with van der Waals surface area (Å²) < 4.78 is 14.0. The molecule has 74 valence electrons. The van der Waals surface area contributed by atoms with Gasteiger partial charge in [-0.2, -0.15) is 0 Å². The Labute approximate surface area is 85.8 Å². The van der Waals surface area contributed by atoms with Gasteiger partial charge in [0.2, 0.25) is 0 Å². The van der Waals surface area contributed by atoms with Crippen molar-refractivity contribution >= 4 is 21.4 Å². The maximum absolute atomic E-state index is 13.0. The predicted molar refractivity (Wildman–Crippen MR) is 57.2 cm³/mol. The number of thiophene rings is 1. The summed E-state index contributed by atoms with van der Waals surface area (Å²) in [7, 11) is 0. The third-order valence-corrected chi connectivity index (χ3v) is 3.14. The molecule has 1 nitrogen and oxygen atoms in total. The molecule has 0 aliphatic carbocycles. The van der Waals surface area contributed by atoms with E-state index in [1.807, 2.05) is 5.38 Å². The van der Waals surface area contributed by atoms with Crippen LogP contribution < -0.4 is 0 Å². The van der Waals surface area contributed by atoms with Crippen LogP contribution in [-0.2, 0) is 6.42 Å². The van der Waals surface area contributed by atoms with Gasteiger partial charge in [0.1, 0.15) is 5.82 Å². The van der Waals surface area contributed by atoms with E-state index in [0.717, 1.165) is 15.6 Å². The molecule has 0 aliphatic rings. The molecule has 0 radical (unpaired) electrons. The van der Waals surface area contributed by atoms with E-state index in [0.29, 0.717) is 6.42 Å². The normalized spacial score (nSPS) is 13.4. The van der Waals surface area contributed by atoms with Crippen molar-refractivity contribution in [3.05, 3.63) is 35.0 Å². The summed E-state index contributed by atoms with van der Waals surface area (Å²) in [6.45, 7) is 1.74. The summed E-state index contributed by atoms with van der Waals surface area (Å²) >= 11 is 1.59. The maximum atomic E-state index is 13.0. The Balaban J connectivity index is 2.50. The van der Waals surface area contributed by atoms with Gasteiger partial charge in [0.05, 0.1) is 6.10 Å². The van der Waals surface area contributed by atoms with E-state index in [-0.39, 0.29) is 11.9 Å². The van der Waals surface area contributed by atoms with Gasteiger partial charge >= 0.3 is 0 Å². The van der Waals surface area contributed by atoms with Gasteiger partial charge in [-0.1, -0.05) is 0 Å². The van der Waals surface area contributed by atoms with E-state index in [2.05, 4.69) is 0 Å². The molecular formula is C11H11FOS. The van der Waals surface area contributed by atoms with Crippen molar-refractivity contribution in [2.45, 2.75) is 19.4 Å². The fourth-order valence-electron chi connectivity index (χ4n) is 1.53. The fraction of sp³-hybridized carbons (Fsp3) is 0.273. The minimum Gasteiger partial charge on any atom is -0.393 e. The molecule has 1 N–H and O–H groups in total. The molecular weight excluding hydrogens is 199 g/mol. The molecule has 1 aromatic carbocycles. The number of fused-ring (bicyclic) bond motifs is 1. The van der Waals surface area contributed by atoms with Crippen LogP contribution in [-0.4, -0.2) is 11.2 Å². The highest BCUT2D eigenvalue weighted by Gasteiger charge is 2.07. The van der Waals surface area contributed by atoms with Gasteiger partial charge < -0.3 is 5.11 Å². The van der Waals surface area contributed by atoms with E-state index in [9.17, 15) is 9.50 Å². The monoisotopic (exact) mass is 210 g/mol. The summed E-state index contributed by atoms with van der Waals surface area (Å²) in [5.41, 5.74) is 1.03. The number of rotatable bonds is 2. The number of hydrogen-bond acceptors (Lipinski definition) is 2. The van der Waals surface area contributed by atoms with Crippen LogP contribution in [0.15, 0.2) is 23.6 Å². The highest BCUT2D eigenvalue weighted by atomic mass is 32.1. The van der Waals surface area contributed by atoms with E-state index in [1.165, 1.54) is 12.1 Å². The van der Waals surface area contributed by atoms with Crippen molar-refractivity contribution in [2.24, 2.45) is 0 Å². The van der Waals surface area contributed by atoms with E-state index < -0.39 is 0 Å². The fourth-order valence-corrected chi connectivity index (χ4v) is 2.49. The molecule has 2 aromatic rings. The minimum absolute atomic E-state index is 0.220. The third kappa shape index (κ3) is 1.79. The molecule has 0 bridgehead atoms. The first-order valence-corrected chi connectivity index (χ1v) is 5.38. The van der Waals surface area contributed by atoms with Gasteiger partial charge in [-0.3, -0.25) is 0 Å². The highest BCUT2D eigenvalue weighted by Crippen LogP contribution is 2.27. The number of hydrogen-bond donors (Lipinski definition) is 1. The van der Waals surface area contributed by atoms with Crippen molar-refractivity contribution in [3.8, 4) is 0 Å². The second-order valence-corrected chi connectivity index (χ2v) is 4.37. The maximum Gasteiger partial charge on any atom is 0.123 e. The lowest BCUT2D eigenvalue weighted by atomic mass is 10.1. The summed E-state index contributed by atoms with van der Waals surface area (Å²) in [6, 6.07) is 4.77. The lowest BCUT2D eigenvalue weighted by Crippen LogP contribution is -2.03. The second-order valence-electron chi connectivity index (χ2n) is 3.45. The Hall–Kier alpha value is -0.930. The molecule has 0 aliphatic heterocycles. The Bertz CT molecular complexity index is 447. The van der Waals surface area contributed by atoms with Gasteiger partial charge in [-0.15, -0.1) is 11.3 Å². The Morgan fingerprint density at radius 1 is 1.50 bits per heavy atom. The number of benzene rings is 1. The summed E-state index contributed by atoms with van der Waals surface area (Å²) in [4.78, 5) is 0. The van der Waals surface area contributed by atoms with E-state index in [1.54, 1.807) is 24.3 Å². The first-order chi connectivity index (χ1) is 6.66. The zero-order chi connectivity index (χ0) is 10.1. The second kappa shape index (κ2) is 3.67.